The highest BCUT2D eigenvalue weighted by Gasteiger charge is 2.21. The first kappa shape index (κ1) is 14.9. The van der Waals surface area contributed by atoms with E-state index in [2.05, 4.69) is 32.5 Å². The lowest BCUT2D eigenvalue weighted by molar-refractivity contribution is -0.124. The predicted octanol–water partition coefficient (Wildman–Crippen LogP) is 1.83. The molecule has 4 nitrogen and oxygen atoms in total. The molecule has 1 heterocycles. The van der Waals surface area contributed by atoms with E-state index >= 15 is 0 Å². The molecule has 0 radical (unpaired) electrons. The van der Waals surface area contributed by atoms with Crippen LogP contribution < -0.4 is 15.4 Å². The van der Waals surface area contributed by atoms with Gasteiger partial charge in [0.2, 0.25) is 5.91 Å². The summed E-state index contributed by atoms with van der Waals surface area (Å²) in [5.41, 5.74) is 0.980. The highest BCUT2D eigenvalue weighted by Crippen LogP contribution is 2.23. The molecular weight excluding hydrogens is 320 g/mol. The lowest BCUT2D eigenvalue weighted by Crippen LogP contribution is -2.47. The fourth-order valence-electron chi connectivity index (χ4n) is 2.15. The van der Waals surface area contributed by atoms with Crippen LogP contribution in [0, 0.1) is 12.3 Å². The lowest BCUT2D eigenvalue weighted by atomic mass is 10.1. The van der Waals surface area contributed by atoms with Crippen molar-refractivity contribution in [3.63, 3.8) is 0 Å². The summed E-state index contributed by atoms with van der Waals surface area (Å²) in [5.74, 6) is 3.26. The summed E-state index contributed by atoms with van der Waals surface area (Å²) in [6.45, 7) is 1.57. The zero-order chi connectivity index (χ0) is 14.4. The number of hydrogen-bond acceptors (Lipinski definition) is 3. The van der Waals surface area contributed by atoms with Crippen LogP contribution in [-0.2, 0) is 11.3 Å². The summed E-state index contributed by atoms with van der Waals surface area (Å²) >= 11 is 3.44. The number of amides is 1. The van der Waals surface area contributed by atoms with Gasteiger partial charge in [-0.05, 0) is 31.0 Å². The molecule has 0 aliphatic carbocycles. The fourth-order valence-corrected chi connectivity index (χ4v) is 2.55. The fraction of sp³-hybridized carbons (Fsp3) is 0.400. The maximum Gasteiger partial charge on any atom is 0.237 e. The molecule has 1 saturated heterocycles. The molecule has 0 saturated carbocycles. The summed E-state index contributed by atoms with van der Waals surface area (Å²) in [6, 6.07) is 5.62. The SMILES string of the molecule is C#CCOc1ccc(Br)cc1CNC1CCCNC1=O. The van der Waals surface area contributed by atoms with Gasteiger partial charge in [0.1, 0.15) is 12.4 Å². The van der Waals surface area contributed by atoms with Crippen LogP contribution in [0.3, 0.4) is 0 Å². The van der Waals surface area contributed by atoms with Crippen molar-refractivity contribution >= 4 is 21.8 Å². The Morgan fingerprint density at radius 2 is 2.40 bits per heavy atom. The van der Waals surface area contributed by atoms with Crippen LogP contribution in [0.1, 0.15) is 18.4 Å². The zero-order valence-corrected chi connectivity index (χ0v) is 12.7. The van der Waals surface area contributed by atoms with E-state index in [1.165, 1.54) is 0 Å². The molecule has 1 aliphatic heterocycles. The number of ether oxygens (including phenoxy) is 1. The quantitative estimate of drug-likeness (QED) is 0.806. The first-order valence-electron chi connectivity index (χ1n) is 6.56. The molecule has 106 valence electrons. The van der Waals surface area contributed by atoms with Gasteiger partial charge in [-0.3, -0.25) is 4.79 Å². The van der Waals surface area contributed by atoms with Gasteiger partial charge < -0.3 is 15.4 Å². The largest absolute Gasteiger partial charge is 0.481 e. The van der Waals surface area contributed by atoms with Gasteiger partial charge in [0.15, 0.2) is 0 Å². The van der Waals surface area contributed by atoms with Gasteiger partial charge in [-0.25, -0.2) is 0 Å². The third kappa shape index (κ3) is 3.99. The van der Waals surface area contributed by atoms with E-state index in [9.17, 15) is 4.79 Å². The van der Waals surface area contributed by atoms with Crippen LogP contribution in [0.5, 0.6) is 5.75 Å². The first-order valence-corrected chi connectivity index (χ1v) is 7.36. The van der Waals surface area contributed by atoms with Crippen molar-refractivity contribution in [2.75, 3.05) is 13.2 Å². The van der Waals surface area contributed by atoms with Crippen molar-refractivity contribution in [2.24, 2.45) is 0 Å². The summed E-state index contributed by atoms with van der Waals surface area (Å²) in [4.78, 5) is 11.7. The molecule has 2 rings (SSSR count). The van der Waals surface area contributed by atoms with Gasteiger partial charge in [0.05, 0.1) is 6.04 Å². The minimum atomic E-state index is -0.136. The molecule has 1 aromatic rings. The van der Waals surface area contributed by atoms with E-state index in [0.29, 0.717) is 6.54 Å². The van der Waals surface area contributed by atoms with Gasteiger partial charge in [-0.15, -0.1) is 6.42 Å². The monoisotopic (exact) mass is 336 g/mol. The normalized spacial score (nSPS) is 18.2. The number of terminal acetylenes is 1. The molecule has 5 heteroatoms. The van der Waals surface area contributed by atoms with Gasteiger partial charge in [0, 0.05) is 23.1 Å². The van der Waals surface area contributed by atoms with Crippen LogP contribution >= 0.6 is 15.9 Å². The third-order valence-corrected chi connectivity index (χ3v) is 3.65. The minimum Gasteiger partial charge on any atom is -0.481 e. The number of piperidine rings is 1. The van der Waals surface area contributed by atoms with Crippen LogP contribution in [-0.4, -0.2) is 25.1 Å². The average Bonchev–Trinajstić information content (AvgIpc) is 2.45. The van der Waals surface area contributed by atoms with Crippen molar-refractivity contribution in [2.45, 2.75) is 25.4 Å². The molecule has 2 N–H and O–H groups in total. The zero-order valence-electron chi connectivity index (χ0n) is 11.1. The van der Waals surface area contributed by atoms with E-state index in [0.717, 1.165) is 35.2 Å². The predicted molar refractivity (Wildman–Crippen MR) is 81.3 cm³/mol. The van der Waals surface area contributed by atoms with Crippen LogP contribution in [0.15, 0.2) is 22.7 Å². The Hall–Kier alpha value is -1.51. The van der Waals surface area contributed by atoms with E-state index in [1.807, 2.05) is 18.2 Å². The molecule has 0 bridgehead atoms. The Kier molecular flexibility index (Phi) is 5.45. The standard InChI is InChI=1S/C15H17BrN2O2/c1-2-8-20-14-6-5-12(16)9-11(14)10-18-13-4-3-7-17-15(13)19/h1,5-6,9,13,18H,3-4,7-8,10H2,(H,17,19). The molecule has 1 aliphatic rings. The minimum absolute atomic E-state index is 0.0670. The Labute approximate surface area is 127 Å². The smallest absolute Gasteiger partial charge is 0.237 e. The number of hydrogen-bond donors (Lipinski definition) is 2. The second-order valence-corrected chi connectivity index (χ2v) is 5.53. The van der Waals surface area contributed by atoms with Gasteiger partial charge in [-0.2, -0.15) is 0 Å². The topological polar surface area (TPSA) is 50.4 Å². The van der Waals surface area contributed by atoms with Crippen LogP contribution in [0.25, 0.3) is 0 Å². The summed E-state index contributed by atoms with van der Waals surface area (Å²) < 4.78 is 6.48. The number of benzene rings is 1. The number of carbonyl (C=O) groups is 1. The number of rotatable bonds is 5. The molecule has 1 amide bonds. The Bertz CT molecular complexity index is 525. The van der Waals surface area contributed by atoms with E-state index in [1.54, 1.807) is 0 Å². The van der Waals surface area contributed by atoms with Crippen molar-refractivity contribution in [1.82, 2.24) is 10.6 Å². The Balaban J connectivity index is 2.02. The van der Waals surface area contributed by atoms with Crippen molar-refractivity contribution < 1.29 is 9.53 Å². The summed E-state index contributed by atoms with van der Waals surface area (Å²) in [7, 11) is 0. The number of halogens is 1. The Morgan fingerprint density at radius 3 is 3.15 bits per heavy atom. The molecule has 1 unspecified atom stereocenters. The maximum atomic E-state index is 11.7. The molecule has 1 fully saturated rings. The number of nitrogens with one attached hydrogen (secondary N) is 2. The molecule has 1 atom stereocenters. The van der Waals surface area contributed by atoms with E-state index < -0.39 is 0 Å². The highest BCUT2D eigenvalue weighted by molar-refractivity contribution is 9.10. The molecule has 1 aromatic carbocycles. The molecule has 0 spiro atoms. The number of carbonyl (C=O) groups excluding carboxylic acids is 1. The van der Waals surface area contributed by atoms with E-state index in [-0.39, 0.29) is 18.6 Å². The van der Waals surface area contributed by atoms with Crippen molar-refractivity contribution in [1.29, 1.82) is 0 Å². The second kappa shape index (κ2) is 7.32. The average molecular weight is 337 g/mol. The second-order valence-electron chi connectivity index (χ2n) is 4.61. The molecular formula is C15H17BrN2O2. The van der Waals surface area contributed by atoms with Gasteiger partial charge in [0.25, 0.3) is 0 Å². The lowest BCUT2D eigenvalue weighted by Gasteiger charge is -2.23. The molecule has 0 aromatic heterocycles. The van der Waals surface area contributed by atoms with E-state index in [4.69, 9.17) is 11.2 Å². The van der Waals surface area contributed by atoms with Crippen molar-refractivity contribution in [3.8, 4) is 18.1 Å². The van der Waals surface area contributed by atoms with Crippen LogP contribution in [0.2, 0.25) is 0 Å². The molecule has 20 heavy (non-hydrogen) atoms. The first-order chi connectivity index (χ1) is 9.70. The Morgan fingerprint density at radius 1 is 1.55 bits per heavy atom. The van der Waals surface area contributed by atoms with Crippen molar-refractivity contribution in [3.05, 3.63) is 28.2 Å². The summed E-state index contributed by atoms with van der Waals surface area (Å²) in [5, 5.41) is 6.13. The van der Waals surface area contributed by atoms with Gasteiger partial charge in [-0.1, -0.05) is 21.9 Å². The maximum absolute atomic E-state index is 11.7. The van der Waals surface area contributed by atoms with Crippen LogP contribution in [0.4, 0.5) is 0 Å². The summed E-state index contributed by atoms with van der Waals surface area (Å²) in [6.07, 6.45) is 7.08. The highest BCUT2D eigenvalue weighted by atomic mass is 79.9. The van der Waals surface area contributed by atoms with Gasteiger partial charge >= 0.3 is 0 Å². The third-order valence-electron chi connectivity index (χ3n) is 3.16.